The zero-order chi connectivity index (χ0) is 23.3. The molecule has 1 aliphatic rings. The monoisotopic (exact) mass is 446 g/mol. The molecule has 1 heterocycles. The largest absolute Gasteiger partial charge is 0.380 e. The lowest BCUT2D eigenvalue weighted by Gasteiger charge is -2.42. The van der Waals surface area contributed by atoms with Crippen LogP contribution in [0.1, 0.15) is 29.5 Å². The van der Waals surface area contributed by atoms with E-state index in [-0.39, 0.29) is 17.6 Å². The Bertz CT molecular complexity index is 1010. The number of hydrogen-bond donors (Lipinski definition) is 1. The number of carbonyl (C=O) groups excluding carboxylic acids is 1. The minimum atomic E-state index is -1.06. The van der Waals surface area contributed by atoms with Gasteiger partial charge in [-0.05, 0) is 60.7 Å². The highest BCUT2D eigenvalue weighted by Gasteiger charge is 2.41. The maximum atomic E-state index is 13.4. The van der Waals surface area contributed by atoms with Crippen molar-refractivity contribution in [2.45, 2.75) is 25.0 Å². The first-order chi connectivity index (χ1) is 16.0. The summed E-state index contributed by atoms with van der Waals surface area (Å²) in [5.41, 5.74) is 1.52. The van der Waals surface area contributed by atoms with Crippen molar-refractivity contribution in [3.05, 3.63) is 107 Å². The van der Waals surface area contributed by atoms with Gasteiger partial charge in [-0.25, -0.2) is 4.39 Å². The highest BCUT2D eigenvalue weighted by Crippen LogP contribution is 2.41. The number of hydrogen-bond acceptors (Lipinski definition) is 3. The number of nitrogens with zero attached hydrogens (tertiary/aromatic N) is 2. The maximum Gasteiger partial charge on any atom is 0.236 e. The van der Waals surface area contributed by atoms with Gasteiger partial charge < -0.3 is 10.0 Å². The quantitative estimate of drug-likeness (QED) is 0.584. The average molecular weight is 447 g/mol. The summed E-state index contributed by atoms with van der Waals surface area (Å²) in [4.78, 5) is 16.6. The molecule has 3 aromatic rings. The number of carbonyl (C=O) groups is 1. The van der Waals surface area contributed by atoms with Crippen molar-refractivity contribution in [3.8, 4) is 0 Å². The summed E-state index contributed by atoms with van der Waals surface area (Å²) in [7, 11) is 1.75. The topological polar surface area (TPSA) is 43.8 Å². The van der Waals surface area contributed by atoms with Crippen LogP contribution in [0.5, 0.6) is 0 Å². The first kappa shape index (κ1) is 23.1. The van der Waals surface area contributed by atoms with Crippen LogP contribution in [-0.2, 0) is 16.9 Å². The van der Waals surface area contributed by atoms with Gasteiger partial charge in [-0.1, -0.05) is 72.8 Å². The van der Waals surface area contributed by atoms with E-state index in [0.717, 1.165) is 42.6 Å². The van der Waals surface area contributed by atoms with Crippen LogP contribution in [0, 0.1) is 11.7 Å². The van der Waals surface area contributed by atoms with Gasteiger partial charge in [-0.3, -0.25) is 9.69 Å². The van der Waals surface area contributed by atoms with E-state index in [0.29, 0.717) is 13.1 Å². The molecule has 0 unspecified atom stereocenters. The summed E-state index contributed by atoms with van der Waals surface area (Å²) in [6.07, 6.45) is 1.59. The summed E-state index contributed by atoms with van der Waals surface area (Å²) in [5, 5.41) is 12.0. The molecule has 33 heavy (non-hydrogen) atoms. The number of rotatable bonds is 7. The van der Waals surface area contributed by atoms with Crippen molar-refractivity contribution in [3.63, 3.8) is 0 Å². The molecule has 0 bridgehead atoms. The molecule has 0 spiro atoms. The van der Waals surface area contributed by atoms with Crippen LogP contribution in [0.3, 0.4) is 0 Å². The molecule has 0 aromatic heterocycles. The zero-order valence-corrected chi connectivity index (χ0v) is 19.0. The molecule has 1 N–H and O–H groups in total. The van der Waals surface area contributed by atoms with Gasteiger partial charge in [0, 0.05) is 13.6 Å². The standard InChI is InChI=1S/C28H31FN2O2/c1-30(20-22-9-8-14-26(29)19-22)27(32)21-31-17-15-25(16-18-31)28(33,23-10-4-2-5-11-23)24-12-6-3-7-13-24/h2-14,19,25,33H,15-18,20-21H2,1H3. The van der Waals surface area contributed by atoms with E-state index in [2.05, 4.69) is 4.90 Å². The van der Waals surface area contributed by atoms with Gasteiger partial charge in [-0.2, -0.15) is 0 Å². The molecule has 0 saturated carbocycles. The van der Waals surface area contributed by atoms with E-state index in [1.165, 1.54) is 12.1 Å². The molecule has 0 atom stereocenters. The van der Waals surface area contributed by atoms with Gasteiger partial charge in [0.15, 0.2) is 0 Å². The Hall–Kier alpha value is -3.02. The molecule has 1 aliphatic heterocycles. The minimum absolute atomic E-state index is 0.0130. The summed E-state index contributed by atoms with van der Waals surface area (Å²) in [6.45, 7) is 2.20. The lowest BCUT2D eigenvalue weighted by Crippen LogP contribution is -2.47. The van der Waals surface area contributed by atoms with E-state index in [4.69, 9.17) is 0 Å². The van der Waals surface area contributed by atoms with Crippen LogP contribution in [0.25, 0.3) is 0 Å². The number of halogens is 1. The second kappa shape index (κ2) is 10.3. The molecular formula is C28H31FN2O2. The predicted molar refractivity (Wildman–Crippen MR) is 128 cm³/mol. The van der Waals surface area contributed by atoms with Crippen molar-refractivity contribution < 1.29 is 14.3 Å². The molecule has 3 aromatic carbocycles. The van der Waals surface area contributed by atoms with Crippen LogP contribution in [0.15, 0.2) is 84.9 Å². The molecule has 4 nitrogen and oxygen atoms in total. The van der Waals surface area contributed by atoms with E-state index < -0.39 is 5.60 Å². The van der Waals surface area contributed by atoms with E-state index in [9.17, 15) is 14.3 Å². The molecule has 0 radical (unpaired) electrons. The lowest BCUT2D eigenvalue weighted by atomic mass is 9.72. The van der Waals surface area contributed by atoms with Crippen LogP contribution >= 0.6 is 0 Å². The Morgan fingerprint density at radius 3 is 2.09 bits per heavy atom. The van der Waals surface area contributed by atoms with Crippen LogP contribution in [-0.4, -0.2) is 47.5 Å². The third kappa shape index (κ3) is 5.32. The van der Waals surface area contributed by atoms with Gasteiger partial charge in [0.2, 0.25) is 5.91 Å². The summed E-state index contributed by atoms with van der Waals surface area (Å²) in [6, 6.07) is 26.1. The maximum absolute atomic E-state index is 13.4. The summed E-state index contributed by atoms with van der Waals surface area (Å²) < 4.78 is 13.4. The van der Waals surface area contributed by atoms with Gasteiger partial charge in [0.25, 0.3) is 0 Å². The van der Waals surface area contributed by atoms with Crippen molar-refractivity contribution in [1.82, 2.24) is 9.80 Å². The van der Waals surface area contributed by atoms with Crippen LogP contribution in [0.4, 0.5) is 4.39 Å². The first-order valence-electron chi connectivity index (χ1n) is 11.5. The number of amides is 1. The van der Waals surface area contributed by atoms with Gasteiger partial charge in [0.1, 0.15) is 11.4 Å². The Morgan fingerprint density at radius 1 is 0.970 bits per heavy atom. The van der Waals surface area contributed by atoms with E-state index in [1.807, 2.05) is 66.7 Å². The third-order valence-corrected chi connectivity index (χ3v) is 6.70. The van der Waals surface area contributed by atoms with E-state index in [1.54, 1.807) is 18.0 Å². The molecule has 1 saturated heterocycles. The van der Waals surface area contributed by atoms with E-state index >= 15 is 0 Å². The van der Waals surface area contributed by atoms with Crippen LogP contribution < -0.4 is 0 Å². The Morgan fingerprint density at radius 2 is 1.55 bits per heavy atom. The average Bonchev–Trinajstić information content (AvgIpc) is 2.85. The number of likely N-dealkylation sites (N-methyl/N-ethyl adjacent to an activating group) is 1. The highest BCUT2D eigenvalue weighted by molar-refractivity contribution is 5.78. The molecule has 1 fully saturated rings. The minimum Gasteiger partial charge on any atom is -0.380 e. The van der Waals surface area contributed by atoms with Gasteiger partial charge in [0.05, 0.1) is 6.54 Å². The fourth-order valence-corrected chi connectivity index (χ4v) is 4.84. The van der Waals surface area contributed by atoms with Crippen LogP contribution in [0.2, 0.25) is 0 Å². The smallest absolute Gasteiger partial charge is 0.236 e. The number of aliphatic hydroxyl groups is 1. The van der Waals surface area contributed by atoms with Gasteiger partial charge >= 0.3 is 0 Å². The van der Waals surface area contributed by atoms with Gasteiger partial charge in [-0.15, -0.1) is 0 Å². The highest BCUT2D eigenvalue weighted by atomic mass is 19.1. The SMILES string of the molecule is CN(Cc1cccc(F)c1)C(=O)CN1CCC(C(O)(c2ccccc2)c2ccccc2)CC1. The first-order valence-corrected chi connectivity index (χ1v) is 11.5. The molecule has 5 heteroatoms. The second-order valence-electron chi connectivity index (χ2n) is 8.93. The lowest BCUT2D eigenvalue weighted by molar-refractivity contribution is -0.132. The molecule has 172 valence electrons. The molecule has 0 aliphatic carbocycles. The zero-order valence-electron chi connectivity index (χ0n) is 19.0. The molecule has 4 rings (SSSR count). The number of piperidine rings is 1. The molecular weight excluding hydrogens is 415 g/mol. The number of likely N-dealkylation sites (tertiary alicyclic amines) is 1. The normalized spacial score (nSPS) is 15.4. The second-order valence-corrected chi connectivity index (χ2v) is 8.93. The van der Waals surface area contributed by atoms with Crippen molar-refractivity contribution >= 4 is 5.91 Å². The Balaban J connectivity index is 1.40. The van der Waals surface area contributed by atoms with Crippen molar-refractivity contribution in [2.75, 3.05) is 26.7 Å². The fourth-order valence-electron chi connectivity index (χ4n) is 4.84. The fraction of sp³-hybridized carbons (Fsp3) is 0.321. The van der Waals surface area contributed by atoms with Crippen molar-refractivity contribution in [1.29, 1.82) is 0 Å². The van der Waals surface area contributed by atoms with Crippen molar-refractivity contribution in [2.24, 2.45) is 5.92 Å². The predicted octanol–water partition coefficient (Wildman–Crippen LogP) is 4.43. The Labute approximate surface area is 195 Å². The summed E-state index contributed by atoms with van der Waals surface area (Å²) >= 11 is 0. The summed E-state index contributed by atoms with van der Waals surface area (Å²) in [5.74, 6) is -0.225. The molecule has 1 amide bonds. The third-order valence-electron chi connectivity index (χ3n) is 6.70. The Kier molecular flexibility index (Phi) is 7.21. The number of benzene rings is 3.